The van der Waals surface area contributed by atoms with Gasteiger partial charge in [0.2, 0.25) is 0 Å². The van der Waals surface area contributed by atoms with Crippen LogP contribution in [0.1, 0.15) is 40.0 Å². The van der Waals surface area contributed by atoms with Gasteiger partial charge in [-0.3, -0.25) is 0 Å². The largest absolute Gasteiger partial charge is 0.301 e. The van der Waals surface area contributed by atoms with Crippen LogP contribution in [-0.4, -0.2) is 36.0 Å². The van der Waals surface area contributed by atoms with Crippen molar-refractivity contribution in [1.82, 2.24) is 4.90 Å². The molecule has 0 bridgehead atoms. The third kappa shape index (κ3) is 2.12. The van der Waals surface area contributed by atoms with Crippen molar-refractivity contribution in [3.05, 3.63) is 0 Å². The fourth-order valence-electron chi connectivity index (χ4n) is 2.47. The molecule has 2 heterocycles. The van der Waals surface area contributed by atoms with E-state index in [0.717, 1.165) is 6.42 Å². The zero-order valence-corrected chi connectivity index (χ0v) is 10.0. The molecule has 2 rings (SSSR count). The van der Waals surface area contributed by atoms with Gasteiger partial charge in [0, 0.05) is 24.1 Å². The quantitative estimate of drug-likeness (QED) is 0.683. The zero-order valence-electron chi connectivity index (χ0n) is 10.0. The molecule has 15 heavy (non-hydrogen) atoms. The first-order chi connectivity index (χ1) is 7.12. The van der Waals surface area contributed by atoms with E-state index >= 15 is 0 Å². The fraction of sp³-hybridized carbons (Fsp3) is 0.833. The molecule has 0 aromatic carbocycles. The summed E-state index contributed by atoms with van der Waals surface area (Å²) in [6, 6.07) is 0.677. The first kappa shape index (κ1) is 10.8. The molecule has 1 saturated heterocycles. The second-order valence-corrected chi connectivity index (χ2v) is 5.24. The summed E-state index contributed by atoms with van der Waals surface area (Å²) < 4.78 is 0. The lowest BCUT2D eigenvalue weighted by Crippen LogP contribution is -2.45. The topological polar surface area (TPSA) is 28.0 Å². The predicted molar refractivity (Wildman–Crippen MR) is 64.6 cm³/mol. The van der Waals surface area contributed by atoms with E-state index in [1.165, 1.54) is 31.6 Å². The Hall–Kier alpha value is -0.700. The van der Waals surface area contributed by atoms with Gasteiger partial charge in [0.25, 0.3) is 0 Å². The van der Waals surface area contributed by atoms with Gasteiger partial charge in [0.15, 0.2) is 0 Å². The average molecular weight is 207 g/mol. The molecular weight excluding hydrogens is 186 g/mol. The van der Waals surface area contributed by atoms with Crippen molar-refractivity contribution in [2.45, 2.75) is 46.1 Å². The van der Waals surface area contributed by atoms with E-state index in [1.54, 1.807) is 0 Å². The Morgan fingerprint density at radius 2 is 2.00 bits per heavy atom. The first-order valence-electron chi connectivity index (χ1n) is 5.95. The molecule has 0 aromatic rings. The Morgan fingerprint density at radius 3 is 2.47 bits per heavy atom. The maximum Gasteiger partial charge on any atom is 0.0519 e. The minimum atomic E-state index is 0.307. The SMILES string of the molecule is CC(C)N1CCC(C)(C2=NN=CC2)CC1. The Kier molecular flexibility index (Phi) is 2.91. The molecule has 0 amide bonds. The fourth-order valence-corrected chi connectivity index (χ4v) is 2.47. The van der Waals surface area contributed by atoms with Crippen molar-refractivity contribution in [3.8, 4) is 0 Å². The summed E-state index contributed by atoms with van der Waals surface area (Å²) in [6.07, 6.45) is 5.36. The summed E-state index contributed by atoms with van der Waals surface area (Å²) in [5, 5.41) is 8.26. The molecule has 0 unspecified atom stereocenters. The number of piperidine rings is 1. The molecule has 3 heteroatoms. The summed E-state index contributed by atoms with van der Waals surface area (Å²) in [5.41, 5.74) is 1.60. The molecule has 3 nitrogen and oxygen atoms in total. The van der Waals surface area contributed by atoms with Crippen molar-refractivity contribution in [1.29, 1.82) is 0 Å². The number of rotatable bonds is 2. The van der Waals surface area contributed by atoms with E-state index in [2.05, 4.69) is 35.9 Å². The van der Waals surface area contributed by atoms with E-state index in [0.29, 0.717) is 11.5 Å². The highest BCUT2D eigenvalue weighted by molar-refractivity contribution is 6.01. The minimum absolute atomic E-state index is 0.307. The van der Waals surface area contributed by atoms with Crippen LogP contribution < -0.4 is 0 Å². The summed E-state index contributed by atoms with van der Waals surface area (Å²) in [4.78, 5) is 2.55. The second kappa shape index (κ2) is 4.05. The molecule has 0 radical (unpaired) electrons. The van der Waals surface area contributed by atoms with Gasteiger partial charge in [-0.2, -0.15) is 10.2 Å². The van der Waals surface area contributed by atoms with E-state index in [-0.39, 0.29) is 0 Å². The van der Waals surface area contributed by atoms with Crippen LogP contribution in [0.5, 0.6) is 0 Å². The first-order valence-corrected chi connectivity index (χ1v) is 5.95. The highest BCUT2D eigenvalue weighted by atomic mass is 15.2. The van der Waals surface area contributed by atoms with Gasteiger partial charge in [-0.1, -0.05) is 6.92 Å². The Bertz CT molecular complexity index is 283. The lowest BCUT2D eigenvalue weighted by atomic mass is 9.75. The average Bonchev–Trinajstić information content (AvgIpc) is 2.71. The van der Waals surface area contributed by atoms with Crippen LogP contribution in [0.2, 0.25) is 0 Å². The Balaban J connectivity index is 1.97. The molecule has 0 N–H and O–H groups in total. The third-order valence-corrected chi connectivity index (χ3v) is 3.87. The van der Waals surface area contributed by atoms with Crippen LogP contribution in [0, 0.1) is 5.41 Å². The van der Waals surface area contributed by atoms with Gasteiger partial charge in [-0.05, 0) is 39.8 Å². The number of likely N-dealkylation sites (tertiary alicyclic amines) is 1. The molecule has 2 aliphatic rings. The summed E-state index contributed by atoms with van der Waals surface area (Å²) >= 11 is 0. The molecule has 0 saturated carbocycles. The maximum absolute atomic E-state index is 4.27. The summed E-state index contributed by atoms with van der Waals surface area (Å²) in [7, 11) is 0. The number of hydrogen-bond acceptors (Lipinski definition) is 3. The lowest BCUT2D eigenvalue weighted by molar-refractivity contribution is 0.132. The van der Waals surface area contributed by atoms with Crippen LogP contribution in [0.25, 0.3) is 0 Å². The van der Waals surface area contributed by atoms with Gasteiger partial charge in [-0.25, -0.2) is 0 Å². The third-order valence-electron chi connectivity index (χ3n) is 3.87. The maximum atomic E-state index is 4.27. The normalized spacial score (nSPS) is 26.0. The summed E-state index contributed by atoms with van der Waals surface area (Å²) in [6.45, 7) is 9.30. The van der Waals surface area contributed by atoms with Crippen LogP contribution in [0.3, 0.4) is 0 Å². The van der Waals surface area contributed by atoms with Crippen molar-refractivity contribution >= 4 is 11.9 Å². The van der Waals surface area contributed by atoms with Crippen molar-refractivity contribution in [3.63, 3.8) is 0 Å². The monoisotopic (exact) mass is 207 g/mol. The molecule has 1 fully saturated rings. The molecular formula is C12H21N3. The van der Waals surface area contributed by atoms with Gasteiger partial charge in [0.1, 0.15) is 0 Å². The smallest absolute Gasteiger partial charge is 0.0519 e. The predicted octanol–water partition coefficient (Wildman–Crippen LogP) is 2.33. The van der Waals surface area contributed by atoms with Gasteiger partial charge in [-0.15, -0.1) is 0 Å². The summed E-state index contributed by atoms with van der Waals surface area (Å²) in [5.74, 6) is 0. The van der Waals surface area contributed by atoms with Gasteiger partial charge >= 0.3 is 0 Å². The minimum Gasteiger partial charge on any atom is -0.301 e. The Morgan fingerprint density at radius 1 is 1.33 bits per heavy atom. The lowest BCUT2D eigenvalue weighted by Gasteiger charge is -2.41. The van der Waals surface area contributed by atoms with E-state index < -0.39 is 0 Å². The van der Waals surface area contributed by atoms with Crippen molar-refractivity contribution < 1.29 is 0 Å². The highest BCUT2D eigenvalue weighted by Crippen LogP contribution is 2.35. The van der Waals surface area contributed by atoms with Crippen LogP contribution in [0.15, 0.2) is 10.2 Å². The standard InChI is InChI=1S/C12H21N3/c1-10(2)15-8-5-12(3,6-9-15)11-4-7-13-14-11/h7,10H,4-6,8-9H2,1-3H3. The van der Waals surface area contributed by atoms with E-state index in [1.807, 2.05) is 6.21 Å². The van der Waals surface area contributed by atoms with E-state index in [9.17, 15) is 0 Å². The number of nitrogens with zero attached hydrogens (tertiary/aromatic N) is 3. The molecule has 2 aliphatic heterocycles. The van der Waals surface area contributed by atoms with Crippen LogP contribution >= 0.6 is 0 Å². The molecule has 0 atom stereocenters. The Labute approximate surface area is 92.3 Å². The molecule has 0 aliphatic carbocycles. The second-order valence-electron chi connectivity index (χ2n) is 5.24. The number of hydrogen-bond donors (Lipinski definition) is 0. The zero-order chi connectivity index (χ0) is 10.9. The van der Waals surface area contributed by atoms with Crippen LogP contribution in [-0.2, 0) is 0 Å². The molecule has 84 valence electrons. The highest BCUT2D eigenvalue weighted by Gasteiger charge is 2.35. The van der Waals surface area contributed by atoms with Gasteiger partial charge in [0.05, 0.1) is 5.71 Å². The van der Waals surface area contributed by atoms with Crippen molar-refractivity contribution in [2.75, 3.05) is 13.1 Å². The molecule has 0 spiro atoms. The van der Waals surface area contributed by atoms with Crippen LogP contribution in [0.4, 0.5) is 0 Å². The molecule has 0 aromatic heterocycles. The van der Waals surface area contributed by atoms with E-state index in [4.69, 9.17) is 0 Å². The van der Waals surface area contributed by atoms with Gasteiger partial charge < -0.3 is 4.90 Å². The van der Waals surface area contributed by atoms with Crippen molar-refractivity contribution in [2.24, 2.45) is 15.6 Å².